The van der Waals surface area contributed by atoms with Crippen molar-refractivity contribution in [3.8, 4) is 0 Å². The third kappa shape index (κ3) is 3.09. The monoisotopic (exact) mass is 376 g/mol. The van der Waals surface area contributed by atoms with Gasteiger partial charge in [0.25, 0.3) is 17.7 Å². The van der Waals surface area contributed by atoms with Gasteiger partial charge in [-0.1, -0.05) is 35.9 Å². The minimum atomic E-state index is -0.381. The number of hydrogen-bond donors (Lipinski definition) is 1. The Morgan fingerprint density at radius 3 is 2.15 bits per heavy atom. The lowest BCUT2D eigenvalue weighted by Gasteiger charge is -2.15. The number of anilines is 2. The van der Waals surface area contributed by atoms with Crippen LogP contribution in [0.25, 0.3) is 0 Å². The first-order valence-electron chi connectivity index (χ1n) is 8.19. The van der Waals surface area contributed by atoms with E-state index in [1.807, 2.05) is 0 Å². The summed E-state index contributed by atoms with van der Waals surface area (Å²) in [6.45, 7) is 0. The Morgan fingerprint density at radius 1 is 0.815 bits per heavy atom. The maximum absolute atomic E-state index is 12.6. The fourth-order valence-electron chi connectivity index (χ4n) is 2.98. The van der Waals surface area contributed by atoms with Gasteiger partial charge in [0.1, 0.15) is 0 Å². The second-order valence-electron chi connectivity index (χ2n) is 6.01. The number of hydrogen-bond acceptors (Lipinski definition) is 3. The minimum absolute atomic E-state index is 0.336. The molecular formula is C21H13ClN2O3. The summed E-state index contributed by atoms with van der Waals surface area (Å²) in [7, 11) is 0. The van der Waals surface area contributed by atoms with Crippen molar-refractivity contribution in [2.45, 2.75) is 0 Å². The van der Waals surface area contributed by atoms with Crippen molar-refractivity contribution in [3.05, 3.63) is 94.5 Å². The summed E-state index contributed by atoms with van der Waals surface area (Å²) in [6, 6.07) is 19.9. The van der Waals surface area contributed by atoms with Crippen LogP contribution in [0, 0.1) is 0 Å². The zero-order valence-corrected chi connectivity index (χ0v) is 14.7. The number of fused-ring (bicyclic) bond motifs is 1. The smallest absolute Gasteiger partial charge is 0.266 e. The highest BCUT2D eigenvalue weighted by molar-refractivity contribution is 6.34. The largest absolute Gasteiger partial charge is 0.322 e. The van der Waals surface area contributed by atoms with Crippen LogP contribution in [0.3, 0.4) is 0 Å². The summed E-state index contributed by atoms with van der Waals surface area (Å²) >= 11 is 5.92. The Kier molecular flexibility index (Phi) is 4.22. The molecule has 0 radical (unpaired) electrons. The summed E-state index contributed by atoms with van der Waals surface area (Å²) in [5, 5.41) is 3.21. The number of nitrogens with one attached hydrogen (secondary N) is 1. The van der Waals surface area contributed by atoms with Gasteiger partial charge in [-0.05, 0) is 48.5 Å². The van der Waals surface area contributed by atoms with Crippen LogP contribution in [0.1, 0.15) is 31.1 Å². The Bertz CT molecular complexity index is 1060. The van der Waals surface area contributed by atoms with Gasteiger partial charge in [-0.15, -0.1) is 0 Å². The molecule has 0 saturated heterocycles. The molecule has 0 aliphatic carbocycles. The highest BCUT2D eigenvalue weighted by atomic mass is 35.5. The van der Waals surface area contributed by atoms with E-state index < -0.39 is 0 Å². The van der Waals surface area contributed by atoms with E-state index in [1.54, 1.807) is 72.8 Å². The number of rotatable bonds is 3. The quantitative estimate of drug-likeness (QED) is 0.689. The molecule has 0 spiro atoms. The van der Waals surface area contributed by atoms with Gasteiger partial charge in [0.05, 0.1) is 16.8 Å². The maximum atomic E-state index is 12.6. The molecule has 1 aliphatic heterocycles. The molecule has 1 heterocycles. The predicted octanol–water partition coefficient (Wildman–Crippen LogP) is 4.39. The van der Waals surface area contributed by atoms with Gasteiger partial charge >= 0.3 is 0 Å². The average Bonchev–Trinajstić information content (AvgIpc) is 2.93. The number of nitrogens with zero attached hydrogens (tertiary/aromatic N) is 1. The van der Waals surface area contributed by atoms with Crippen molar-refractivity contribution >= 4 is 40.7 Å². The van der Waals surface area contributed by atoms with E-state index >= 15 is 0 Å². The zero-order chi connectivity index (χ0) is 19.0. The first-order valence-corrected chi connectivity index (χ1v) is 8.57. The van der Waals surface area contributed by atoms with E-state index in [9.17, 15) is 14.4 Å². The highest BCUT2D eigenvalue weighted by Gasteiger charge is 2.36. The van der Waals surface area contributed by atoms with E-state index in [0.29, 0.717) is 33.1 Å². The van der Waals surface area contributed by atoms with Gasteiger partial charge in [-0.25, -0.2) is 4.90 Å². The van der Waals surface area contributed by atoms with Crippen molar-refractivity contribution in [1.29, 1.82) is 0 Å². The van der Waals surface area contributed by atoms with Crippen molar-refractivity contribution in [3.63, 3.8) is 0 Å². The maximum Gasteiger partial charge on any atom is 0.266 e. The van der Waals surface area contributed by atoms with Crippen molar-refractivity contribution < 1.29 is 14.4 Å². The number of imide groups is 1. The van der Waals surface area contributed by atoms with E-state index in [0.717, 1.165) is 4.90 Å². The molecular weight excluding hydrogens is 364 g/mol. The molecule has 5 nitrogen and oxygen atoms in total. The van der Waals surface area contributed by atoms with Crippen LogP contribution in [-0.2, 0) is 0 Å². The topological polar surface area (TPSA) is 66.5 Å². The Labute approximate surface area is 160 Å². The molecule has 27 heavy (non-hydrogen) atoms. The SMILES string of the molecule is O=C(Nc1cccc(N2C(=O)c3ccccc3C2=O)c1)c1cccc(Cl)c1. The highest BCUT2D eigenvalue weighted by Crippen LogP contribution is 2.29. The summed E-state index contributed by atoms with van der Waals surface area (Å²) in [5.74, 6) is -1.10. The average molecular weight is 377 g/mol. The number of benzene rings is 3. The lowest BCUT2D eigenvalue weighted by Crippen LogP contribution is -2.29. The fraction of sp³-hybridized carbons (Fsp3) is 0. The summed E-state index contributed by atoms with van der Waals surface area (Å²) in [6.07, 6.45) is 0. The molecule has 3 aromatic carbocycles. The van der Waals surface area contributed by atoms with Gasteiger partial charge in [0.15, 0.2) is 0 Å². The molecule has 132 valence electrons. The lowest BCUT2D eigenvalue weighted by atomic mass is 10.1. The molecule has 0 bridgehead atoms. The molecule has 1 aliphatic rings. The lowest BCUT2D eigenvalue weighted by molar-refractivity contribution is 0.0925. The molecule has 1 N–H and O–H groups in total. The number of carbonyl (C=O) groups is 3. The van der Waals surface area contributed by atoms with E-state index in [4.69, 9.17) is 11.6 Å². The minimum Gasteiger partial charge on any atom is -0.322 e. The molecule has 3 aromatic rings. The molecule has 0 saturated carbocycles. The molecule has 4 rings (SSSR count). The van der Waals surface area contributed by atoms with Crippen molar-refractivity contribution in [2.24, 2.45) is 0 Å². The Morgan fingerprint density at radius 2 is 1.48 bits per heavy atom. The van der Waals surface area contributed by atoms with Crippen LogP contribution < -0.4 is 10.2 Å². The van der Waals surface area contributed by atoms with Crippen LogP contribution in [-0.4, -0.2) is 17.7 Å². The zero-order valence-electron chi connectivity index (χ0n) is 14.0. The number of amides is 3. The summed E-state index contributed by atoms with van der Waals surface area (Å²) in [5.41, 5.74) is 2.01. The summed E-state index contributed by atoms with van der Waals surface area (Å²) in [4.78, 5) is 38.7. The van der Waals surface area contributed by atoms with Crippen molar-refractivity contribution in [1.82, 2.24) is 0 Å². The van der Waals surface area contributed by atoms with Gasteiger partial charge < -0.3 is 5.32 Å². The first kappa shape index (κ1) is 17.0. The second kappa shape index (κ2) is 6.70. The normalized spacial score (nSPS) is 12.9. The number of carbonyl (C=O) groups excluding carboxylic acids is 3. The Balaban J connectivity index is 1.61. The molecule has 0 unspecified atom stereocenters. The standard InChI is InChI=1S/C21H13ClN2O3/c22-14-6-3-5-13(11-14)19(25)23-15-7-4-8-16(12-15)24-20(26)17-9-1-2-10-18(17)21(24)27/h1-12H,(H,23,25). The van der Waals surface area contributed by atoms with Gasteiger partial charge in [-0.3, -0.25) is 14.4 Å². The third-order valence-corrected chi connectivity index (χ3v) is 4.48. The molecule has 6 heteroatoms. The van der Waals surface area contributed by atoms with Gasteiger partial charge in [-0.2, -0.15) is 0 Å². The second-order valence-corrected chi connectivity index (χ2v) is 6.44. The van der Waals surface area contributed by atoms with E-state index in [1.165, 1.54) is 0 Å². The van der Waals surface area contributed by atoms with Gasteiger partial charge in [0.2, 0.25) is 0 Å². The molecule has 3 amide bonds. The predicted molar refractivity (Wildman–Crippen MR) is 103 cm³/mol. The summed E-state index contributed by atoms with van der Waals surface area (Å²) < 4.78 is 0. The van der Waals surface area contributed by atoms with Crippen LogP contribution in [0.4, 0.5) is 11.4 Å². The van der Waals surface area contributed by atoms with Crippen molar-refractivity contribution in [2.75, 3.05) is 10.2 Å². The van der Waals surface area contributed by atoms with E-state index in [2.05, 4.69) is 5.32 Å². The van der Waals surface area contributed by atoms with E-state index in [-0.39, 0.29) is 17.7 Å². The molecule has 0 aromatic heterocycles. The van der Waals surface area contributed by atoms with Crippen LogP contribution in [0.2, 0.25) is 5.02 Å². The third-order valence-electron chi connectivity index (χ3n) is 4.24. The van der Waals surface area contributed by atoms with Crippen LogP contribution >= 0.6 is 11.6 Å². The van der Waals surface area contributed by atoms with Gasteiger partial charge in [0, 0.05) is 16.3 Å². The van der Waals surface area contributed by atoms with Crippen LogP contribution in [0.15, 0.2) is 72.8 Å². The fourth-order valence-corrected chi connectivity index (χ4v) is 3.17. The first-order chi connectivity index (χ1) is 13.0. The molecule has 0 atom stereocenters. The van der Waals surface area contributed by atoms with Crippen LogP contribution in [0.5, 0.6) is 0 Å². The molecule has 0 fully saturated rings. The number of halogens is 1. The Hall–Kier alpha value is -3.44.